The molecule has 0 aliphatic carbocycles. The predicted molar refractivity (Wildman–Crippen MR) is 88.7 cm³/mol. The van der Waals surface area contributed by atoms with Crippen LogP contribution >= 0.6 is 0 Å². The first-order valence-electron chi connectivity index (χ1n) is 8.48. The van der Waals surface area contributed by atoms with E-state index in [4.69, 9.17) is 23.9 Å². The highest BCUT2D eigenvalue weighted by atomic mass is 32.3. The number of amides is 1. The topological polar surface area (TPSA) is 218 Å². The fraction of sp³-hybridized carbons (Fsp3) is 0.857. The molecule has 6 N–H and O–H groups in total. The second-order valence-electron chi connectivity index (χ2n) is 6.58. The maximum Gasteiger partial charge on any atom is 0.397 e. The van der Waals surface area contributed by atoms with Crippen molar-refractivity contribution in [1.82, 2.24) is 5.32 Å². The minimum Gasteiger partial charge on any atom is -0.479 e. The zero-order valence-corrected chi connectivity index (χ0v) is 16.0. The second-order valence-corrected chi connectivity index (χ2v) is 7.62. The van der Waals surface area contributed by atoms with Crippen molar-refractivity contribution in [3.8, 4) is 0 Å². The van der Waals surface area contributed by atoms with Gasteiger partial charge >= 0.3 is 16.4 Å². The van der Waals surface area contributed by atoms with Gasteiger partial charge in [0, 0.05) is 13.3 Å². The summed E-state index contributed by atoms with van der Waals surface area (Å²) in [6.07, 6.45) is -11.5. The SMILES string of the molecule is CC(=O)N[C@H]1CO[C@H](CO)[C@H](OS(=O)(=O)O)[C@@H]1O[C@@H]1OC(C(=O)O)C[C@H](O)[C@H]1O. The number of carboxylic acids is 1. The lowest BCUT2D eigenvalue weighted by atomic mass is 9.97. The van der Waals surface area contributed by atoms with E-state index in [-0.39, 0.29) is 6.61 Å². The summed E-state index contributed by atoms with van der Waals surface area (Å²) in [5.41, 5.74) is 0. The van der Waals surface area contributed by atoms with Crippen molar-refractivity contribution >= 4 is 22.3 Å². The zero-order valence-electron chi connectivity index (χ0n) is 15.2. The molecule has 2 heterocycles. The van der Waals surface area contributed by atoms with Crippen LogP contribution in [0.15, 0.2) is 0 Å². The Kier molecular flexibility index (Phi) is 7.88. The smallest absolute Gasteiger partial charge is 0.397 e. The minimum absolute atomic E-state index is 0.283. The number of hydrogen-bond donors (Lipinski definition) is 6. The zero-order chi connectivity index (χ0) is 21.9. The summed E-state index contributed by atoms with van der Waals surface area (Å²) in [6.45, 7) is 0.0971. The van der Waals surface area contributed by atoms with E-state index in [9.17, 15) is 33.3 Å². The van der Waals surface area contributed by atoms with Gasteiger partial charge in [-0.05, 0) is 0 Å². The summed E-state index contributed by atoms with van der Waals surface area (Å²) in [7, 11) is -5.07. The van der Waals surface area contributed by atoms with Gasteiger partial charge in [-0.2, -0.15) is 8.42 Å². The van der Waals surface area contributed by atoms with Crippen LogP contribution < -0.4 is 5.32 Å². The molecule has 1 amide bonds. The van der Waals surface area contributed by atoms with Crippen LogP contribution in [0, 0.1) is 0 Å². The molecule has 8 atom stereocenters. The summed E-state index contributed by atoms with van der Waals surface area (Å²) in [5.74, 6) is -2.01. The van der Waals surface area contributed by atoms with Crippen LogP contribution in [0.25, 0.3) is 0 Å². The number of carbonyl (C=O) groups is 2. The van der Waals surface area contributed by atoms with Crippen LogP contribution in [0.4, 0.5) is 0 Å². The van der Waals surface area contributed by atoms with Gasteiger partial charge < -0.3 is 40.0 Å². The summed E-state index contributed by atoms with van der Waals surface area (Å²) in [6, 6.07) is -1.10. The summed E-state index contributed by atoms with van der Waals surface area (Å²) in [5, 5.41) is 40.9. The van der Waals surface area contributed by atoms with Gasteiger partial charge in [-0.1, -0.05) is 0 Å². The van der Waals surface area contributed by atoms with Crippen LogP contribution in [-0.2, 0) is 38.4 Å². The van der Waals surface area contributed by atoms with Crippen molar-refractivity contribution in [2.75, 3.05) is 13.2 Å². The van der Waals surface area contributed by atoms with E-state index in [0.29, 0.717) is 0 Å². The van der Waals surface area contributed by atoms with Gasteiger partial charge in [-0.3, -0.25) is 9.35 Å². The van der Waals surface area contributed by atoms with Crippen molar-refractivity contribution in [2.24, 2.45) is 0 Å². The Labute approximate surface area is 165 Å². The van der Waals surface area contributed by atoms with Crippen molar-refractivity contribution in [2.45, 2.75) is 62.3 Å². The molecule has 2 aliphatic heterocycles. The quantitative estimate of drug-likeness (QED) is 0.209. The van der Waals surface area contributed by atoms with E-state index < -0.39 is 84.3 Å². The van der Waals surface area contributed by atoms with Crippen molar-refractivity contribution in [3.63, 3.8) is 0 Å². The average Bonchev–Trinajstić information content (AvgIpc) is 2.59. The number of ether oxygens (including phenoxy) is 3. The fourth-order valence-electron chi connectivity index (χ4n) is 3.09. The van der Waals surface area contributed by atoms with Gasteiger partial charge in [0.15, 0.2) is 12.4 Å². The molecule has 2 saturated heterocycles. The number of carbonyl (C=O) groups excluding carboxylic acids is 1. The molecule has 14 nitrogen and oxygen atoms in total. The van der Waals surface area contributed by atoms with Gasteiger partial charge in [0.2, 0.25) is 5.91 Å². The molecule has 1 unspecified atom stereocenters. The van der Waals surface area contributed by atoms with Crippen LogP contribution in [-0.4, -0.2) is 107 Å². The Bertz CT molecular complexity index is 700. The fourth-order valence-corrected chi connectivity index (χ4v) is 3.61. The third-order valence-corrected chi connectivity index (χ3v) is 4.84. The Hall–Kier alpha value is -1.43. The van der Waals surface area contributed by atoms with E-state index in [2.05, 4.69) is 9.50 Å². The second kappa shape index (κ2) is 9.59. The molecule has 2 fully saturated rings. The molecule has 15 heteroatoms. The highest BCUT2D eigenvalue weighted by molar-refractivity contribution is 7.80. The monoisotopic (exact) mass is 445 g/mol. The molecule has 0 saturated carbocycles. The molecule has 0 radical (unpaired) electrons. The molecule has 29 heavy (non-hydrogen) atoms. The molecule has 0 spiro atoms. The van der Waals surface area contributed by atoms with Gasteiger partial charge in [-0.25, -0.2) is 8.98 Å². The molecule has 0 bridgehead atoms. The van der Waals surface area contributed by atoms with Crippen LogP contribution in [0.5, 0.6) is 0 Å². The summed E-state index contributed by atoms with van der Waals surface area (Å²) in [4.78, 5) is 22.7. The predicted octanol–water partition coefficient (Wildman–Crippen LogP) is -3.62. The molecule has 0 aromatic carbocycles. The molecule has 2 rings (SSSR count). The molecule has 0 aromatic rings. The molecule has 0 aromatic heterocycles. The summed E-state index contributed by atoms with van der Waals surface area (Å²) >= 11 is 0. The number of nitrogens with one attached hydrogen (secondary N) is 1. The Morgan fingerprint density at radius 2 is 1.90 bits per heavy atom. The van der Waals surface area contributed by atoms with E-state index in [0.717, 1.165) is 6.92 Å². The van der Waals surface area contributed by atoms with Crippen LogP contribution in [0.2, 0.25) is 0 Å². The van der Waals surface area contributed by atoms with Gasteiger partial charge in [0.1, 0.15) is 24.4 Å². The third kappa shape index (κ3) is 6.27. The lowest BCUT2D eigenvalue weighted by Crippen LogP contribution is -2.64. The Morgan fingerprint density at radius 3 is 2.41 bits per heavy atom. The largest absolute Gasteiger partial charge is 0.479 e. The first-order chi connectivity index (χ1) is 13.4. The standard InChI is InChI=1S/C14H23NO13S/c1-5(17)15-6-4-25-9(3-16)12(28-29(22,23)24)11(6)27-14-10(19)7(18)2-8(26-14)13(20)21/h6-12,14,16,18-19H,2-4H2,1H3,(H,15,17)(H,20,21)(H,22,23,24)/t6-,7-,8?,9+,10+,11+,12-,14-/m0/s1. The normalized spacial score (nSPS) is 38.4. The maximum absolute atomic E-state index is 11.5. The molecular weight excluding hydrogens is 422 g/mol. The average molecular weight is 445 g/mol. The van der Waals surface area contributed by atoms with E-state index in [1.807, 2.05) is 0 Å². The number of carboxylic acid groups (broad SMARTS) is 1. The first kappa shape index (κ1) is 23.8. The minimum atomic E-state index is -5.07. The van der Waals surface area contributed by atoms with Gasteiger partial charge in [0.25, 0.3) is 0 Å². The van der Waals surface area contributed by atoms with Gasteiger partial charge in [0.05, 0.1) is 25.4 Å². The third-order valence-electron chi connectivity index (χ3n) is 4.37. The number of aliphatic hydroxyl groups excluding tert-OH is 3. The molecule has 2 aliphatic rings. The van der Waals surface area contributed by atoms with Crippen LogP contribution in [0.3, 0.4) is 0 Å². The molecular formula is C14H23NO13S. The lowest BCUT2D eigenvalue weighted by molar-refractivity contribution is -0.301. The number of aliphatic carboxylic acids is 1. The Morgan fingerprint density at radius 1 is 1.24 bits per heavy atom. The Balaban J connectivity index is 2.33. The highest BCUT2D eigenvalue weighted by Crippen LogP contribution is 2.28. The maximum atomic E-state index is 11.5. The highest BCUT2D eigenvalue weighted by Gasteiger charge is 2.49. The summed E-state index contributed by atoms with van der Waals surface area (Å²) < 4.78 is 51.9. The van der Waals surface area contributed by atoms with Crippen molar-refractivity contribution in [3.05, 3.63) is 0 Å². The first-order valence-corrected chi connectivity index (χ1v) is 9.84. The lowest BCUT2D eigenvalue weighted by Gasteiger charge is -2.44. The molecule has 168 valence electrons. The van der Waals surface area contributed by atoms with Crippen molar-refractivity contribution < 1.29 is 61.4 Å². The van der Waals surface area contributed by atoms with Crippen molar-refractivity contribution in [1.29, 1.82) is 0 Å². The number of hydrogen-bond acceptors (Lipinski definition) is 11. The van der Waals surface area contributed by atoms with Crippen LogP contribution in [0.1, 0.15) is 13.3 Å². The van der Waals surface area contributed by atoms with E-state index in [1.165, 1.54) is 0 Å². The van der Waals surface area contributed by atoms with Gasteiger partial charge in [-0.15, -0.1) is 0 Å². The number of aliphatic hydroxyl groups is 3. The van der Waals surface area contributed by atoms with E-state index >= 15 is 0 Å². The number of rotatable bonds is 7. The van der Waals surface area contributed by atoms with E-state index in [1.54, 1.807) is 0 Å².